The topological polar surface area (TPSA) is 69.8 Å². The first-order valence-corrected chi connectivity index (χ1v) is 7.39. The molecule has 1 amide bonds. The van der Waals surface area contributed by atoms with Gasteiger partial charge < -0.3 is 10.6 Å². The third-order valence-corrected chi connectivity index (χ3v) is 3.83. The number of H-pyrrole nitrogens is 1. The van der Waals surface area contributed by atoms with E-state index in [9.17, 15) is 4.79 Å². The van der Waals surface area contributed by atoms with Gasteiger partial charge in [-0.3, -0.25) is 9.89 Å². The predicted molar refractivity (Wildman–Crippen MR) is 85.6 cm³/mol. The lowest BCUT2D eigenvalue weighted by atomic mass is 10.3. The van der Waals surface area contributed by atoms with Crippen molar-refractivity contribution in [1.82, 2.24) is 10.2 Å². The van der Waals surface area contributed by atoms with E-state index in [4.69, 9.17) is 11.6 Å². The number of rotatable bonds is 4. The van der Waals surface area contributed by atoms with Crippen molar-refractivity contribution in [2.45, 2.75) is 0 Å². The Morgan fingerprint density at radius 1 is 1.29 bits per heavy atom. The molecule has 2 heterocycles. The number of carbonyl (C=O) groups is 1. The van der Waals surface area contributed by atoms with Crippen LogP contribution in [0.4, 0.5) is 17.2 Å². The van der Waals surface area contributed by atoms with Crippen molar-refractivity contribution < 1.29 is 4.79 Å². The fraction of sp³-hybridized carbons (Fsp3) is 0. The van der Waals surface area contributed by atoms with Crippen molar-refractivity contribution in [3.63, 3.8) is 0 Å². The summed E-state index contributed by atoms with van der Waals surface area (Å²) >= 11 is 7.33. The Morgan fingerprint density at radius 2 is 2.19 bits per heavy atom. The predicted octanol–water partition coefficient (Wildman–Crippen LogP) is 4.12. The standard InChI is InChI=1S/C14H11ClN4OS/c15-9-3-1-4-10(7-9)17-11-8-16-19-13(11)18-14(20)12-5-2-6-21-12/h1-8,17H,(H2,16,18,19,20). The van der Waals surface area contributed by atoms with Crippen LogP contribution in [0.2, 0.25) is 5.02 Å². The van der Waals surface area contributed by atoms with Crippen molar-refractivity contribution in [2.24, 2.45) is 0 Å². The van der Waals surface area contributed by atoms with Gasteiger partial charge in [0.2, 0.25) is 0 Å². The van der Waals surface area contributed by atoms with Gasteiger partial charge in [-0.1, -0.05) is 23.7 Å². The molecule has 0 bridgehead atoms. The molecular weight excluding hydrogens is 308 g/mol. The number of nitrogens with zero attached hydrogens (tertiary/aromatic N) is 1. The van der Waals surface area contributed by atoms with Crippen LogP contribution in [-0.4, -0.2) is 16.1 Å². The Balaban J connectivity index is 1.76. The van der Waals surface area contributed by atoms with E-state index in [0.717, 1.165) is 5.69 Å². The normalized spacial score (nSPS) is 10.3. The molecular formula is C14H11ClN4OS. The van der Waals surface area contributed by atoms with Gasteiger partial charge in [0.15, 0.2) is 5.82 Å². The van der Waals surface area contributed by atoms with Crippen LogP contribution < -0.4 is 10.6 Å². The Bertz CT molecular complexity index is 754. The minimum atomic E-state index is -0.177. The molecule has 0 aliphatic heterocycles. The van der Waals surface area contributed by atoms with Crippen LogP contribution in [0.15, 0.2) is 48.0 Å². The summed E-state index contributed by atoms with van der Waals surface area (Å²) in [5, 5.41) is 15.1. The molecule has 1 aromatic carbocycles. The summed E-state index contributed by atoms with van der Waals surface area (Å²) in [5.41, 5.74) is 1.48. The Kier molecular flexibility index (Phi) is 3.89. The van der Waals surface area contributed by atoms with Gasteiger partial charge in [-0.2, -0.15) is 5.10 Å². The van der Waals surface area contributed by atoms with E-state index in [1.165, 1.54) is 11.3 Å². The lowest BCUT2D eigenvalue weighted by Gasteiger charge is -2.07. The Hall–Kier alpha value is -2.31. The average molecular weight is 319 g/mol. The second kappa shape index (κ2) is 5.99. The molecule has 106 valence electrons. The molecule has 0 unspecified atom stereocenters. The fourth-order valence-electron chi connectivity index (χ4n) is 1.78. The van der Waals surface area contributed by atoms with Gasteiger partial charge in [0, 0.05) is 10.7 Å². The van der Waals surface area contributed by atoms with Crippen LogP contribution in [0, 0.1) is 0 Å². The van der Waals surface area contributed by atoms with Crippen LogP contribution in [0.25, 0.3) is 0 Å². The minimum Gasteiger partial charge on any atom is -0.351 e. The molecule has 0 aliphatic carbocycles. The number of thiophene rings is 1. The largest absolute Gasteiger partial charge is 0.351 e. The highest BCUT2D eigenvalue weighted by atomic mass is 35.5. The van der Waals surface area contributed by atoms with Crippen molar-refractivity contribution in [3.05, 3.63) is 57.9 Å². The number of nitrogens with one attached hydrogen (secondary N) is 3. The quantitative estimate of drug-likeness (QED) is 0.677. The summed E-state index contributed by atoms with van der Waals surface area (Å²) in [6, 6.07) is 10.9. The number of aromatic nitrogens is 2. The van der Waals surface area contributed by atoms with Crippen molar-refractivity contribution >= 4 is 46.0 Å². The minimum absolute atomic E-state index is 0.177. The molecule has 3 rings (SSSR count). The molecule has 3 N–H and O–H groups in total. The molecule has 7 heteroatoms. The first kappa shape index (κ1) is 13.7. The zero-order chi connectivity index (χ0) is 14.7. The number of hydrogen-bond donors (Lipinski definition) is 3. The molecule has 5 nitrogen and oxygen atoms in total. The highest BCUT2D eigenvalue weighted by molar-refractivity contribution is 7.12. The maximum absolute atomic E-state index is 12.0. The second-order valence-corrected chi connectivity index (χ2v) is 5.61. The van der Waals surface area contributed by atoms with Crippen molar-refractivity contribution in [3.8, 4) is 0 Å². The SMILES string of the molecule is O=C(Nc1[nH]ncc1Nc1cccc(Cl)c1)c1cccs1. The average Bonchev–Trinajstić information content (AvgIpc) is 3.11. The number of carbonyl (C=O) groups excluding carboxylic acids is 1. The van der Waals surface area contributed by atoms with E-state index in [-0.39, 0.29) is 5.91 Å². The first-order chi connectivity index (χ1) is 10.2. The van der Waals surface area contributed by atoms with Crippen molar-refractivity contribution in [1.29, 1.82) is 0 Å². The fourth-order valence-corrected chi connectivity index (χ4v) is 2.59. The Morgan fingerprint density at radius 3 is 2.95 bits per heavy atom. The molecule has 0 saturated carbocycles. The maximum atomic E-state index is 12.0. The lowest BCUT2D eigenvalue weighted by Crippen LogP contribution is -2.11. The monoisotopic (exact) mass is 318 g/mol. The van der Waals surface area contributed by atoms with E-state index in [0.29, 0.717) is 21.4 Å². The number of halogens is 1. The summed E-state index contributed by atoms with van der Waals surface area (Å²) < 4.78 is 0. The first-order valence-electron chi connectivity index (χ1n) is 6.13. The molecule has 3 aromatic rings. The molecule has 0 radical (unpaired) electrons. The highest BCUT2D eigenvalue weighted by Crippen LogP contribution is 2.25. The molecule has 0 spiro atoms. The zero-order valence-electron chi connectivity index (χ0n) is 10.8. The zero-order valence-corrected chi connectivity index (χ0v) is 12.3. The summed E-state index contributed by atoms with van der Waals surface area (Å²) in [5.74, 6) is 0.330. The second-order valence-electron chi connectivity index (χ2n) is 4.23. The summed E-state index contributed by atoms with van der Waals surface area (Å²) in [6.07, 6.45) is 1.60. The summed E-state index contributed by atoms with van der Waals surface area (Å²) in [6.45, 7) is 0. The van der Waals surface area contributed by atoms with Gasteiger partial charge in [-0.05, 0) is 29.6 Å². The van der Waals surface area contributed by atoms with E-state index >= 15 is 0 Å². The van der Waals surface area contributed by atoms with E-state index in [1.54, 1.807) is 24.4 Å². The molecule has 0 aliphatic rings. The van der Waals surface area contributed by atoms with Gasteiger partial charge in [-0.25, -0.2) is 0 Å². The van der Waals surface area contributed by atoms with Gasteiger partial charge in [-0.15, -0.1) is 11.3 Å². The molecule has 21 heavy (non-hydrogen) atoms. The van der Waals surface area contributed by atoms with Gasteiger partial charge >= 0.3 is 0 Å². The number of amides is 1. The molecule has 0 saturated heterocycles. The van der Waals surface area contributed by atoms with Crippen molar-refractivity contribution in [2.75, 3.05) is 10.6 Å². The number of hydrogen-bond acceptors (Lipinski definition) is 4. The Labute approximate surface area is 130 Å². The highest BCUT2D eigenvalue weighted by Gasteiger charge is 2.11. The number of aromatic amines is 1. The van der Waals surface area contributed by atoms with Gasteiger partial charge in [0.1, 0.15) is 5.69 Å². The van der Waals surface area contributed by atoms with E-state index < -0.39 is 0 Å². The third-order valence-electron chi connectivity index (χ3n) is 2.73. The van der Waals surface area contributed by atoms with Crippen LogP contribution in [0.5, 0.6) is 0 Å². The van der Waals surface area contributed by atoms with Gasteiger partial charge in [0.25, 0.3) is 5.91 Å². The number of benzene rings is 1. The third kappa shape index (κ3) is 3.24. The van der Waals surface area contributed by atoms with Crippen LogP contribution >= 0.6 is 22.9 Å². The summed E-state index contributed by atoms with van der Waals surface area (Å²) in [4.78, 5) is 12.7. The van der Waals surface area contributed by atoms with Crippen LogP contribution in [-0.2, 0) is 0 Å². The summed E-state index contributed by atoms with van der Waals surface area (Å²) in [7, 11) is 0. The lowest BCUT2D eigenvalue weighted by molar-refractivity contribution is 0.103. The smallest absolute Gasteiger partial charge is 0.266 e. The van der Waals surface area contributed by atoms with Crippen LogP contribution in [0.1, 0.15) is 9.67 Å². The molecule has 0 fully saturated rings. The number of anilines is 3. The van der Waals surface area contributed by atoms with E-state index in [1.807, 2.05) is 23.6 Å². The maximum Gasteiger partial charge on any atom is 0.266 e. The molecule has 2 aromatic heterocycles. The molecule has 0 atom stereocenters. The van der Waals surface area contributed by atoms with Crippen LogP contribution in [0.3, 0.4) is 0 Å². The van der Waals surface area contributed by atoms with E-state index in [2.05, 4.69) is 20.8 Å². The van der Waals surface area contributed by atoms with Gasteiger partial charge in [0.05, 0.1) is 11.1 Å².